The van der Waals surface area contributed by atoms with Crippen LogP contribution in [0.4, 0.5) is 0 Å². The number of ketones is 1. The standard InChI is InChI=1S/C16H23NO3/c1-3-19-14-7-6-12(10-15(14)20-4-2)13(18)11-16(17)8-5-9-16/h6-7,10H,3-5,8-9,11,17H2,1-2H3. The Morgan fingerprint density at radius 2 is 1.85 bits per heavy atom. The number of hydrogen-bond acceptors (Lipinski definition) is 4. The number of benzene rings is 1. The van der Waals surface area contributed by atoms with Gasteiger partial charge < -0.3 is 15.2 Å². The highest BCUT2D eigenvalue weighted by atomic mass is 16.5. The normalized spacial score (nSPS) is 16.4. The molecular weight excluding hydrogens is 254 g/mol. The van der Waals surface area contributed by atoms with E-state index in [4.69, 9.17) is 15.2 Å². The van der Waals surface area contributed by atoms with E-state index in [1.165, 1.54) is 0 Å². The van der Waals surface area contributed by atoms with E-state index >= 15 is 0 Å². The number of Topliss-reactive ketones (excluding diaryl/α,β-unsaturated/α-hetero) is 1. The smallest absolute Gasteiger partial charge is 0.164 e. The maximum absolute atomic E-state index is 12.3. The molecule has 110 valence electrons. The summed E-state index contributed by atoms with van der Waals surface area (Å²) in [5.41, 5.74) is 6.50. The monoisotopic (exact) mass is 277 g/mol. The van der Waals surface area contributed by atoms with E-state index in [0.29, 0.717) is 36.7 Å². The summed E-state index contributed by atoms with van der Waals surface area (Å²) < 4.78 is 11.0. The molecule has 1 aromatic rings. The molecule has 0 amide bonds. The molecule has 0 heterocycles. The molecule has 4 nitrogen and oxygen atoms in total. The van der Waals surface area contributed by atoms with E-state index < -0.39 is 0 Å². The minimum Gasteiger partial charge on any atom is -0.490 e. The third kappa shape index (κ3) is 3.31. The number of ether oxygens (including phenoxy) is 2. The third-order valence-corrected chi connectivity index (χ3v) is 3.73. The fraction of sp³-hybridized carbons (Fsp3) is 0.562. The minimum absolute atomic E-state index is 0.0798. The molecule has 1 aliphatic carbocycles. The fourth-order valence-electron chi connectivity index (χ4n) is 2.45. The topological polar surface area (TPSA) is 61.5 Å². The van der Waals surface area contributed by atoms with Crippen molar-refractivity contribution in [2.75, 3.05) is 13.2 Å². The molecule has 0 atom stereocenters. The van der Waals surface area contributed by atoms with E-state index in [2.05, 4.69) is 0 Å². The van der Waals surface area contributed by atoms with Gasteiger partial charge in [0.2, 0.25) is 0 Å². The summed E-state index contributed by atoms with van der Waals surface area (Å²) >= 11 is 0. The van der Waals surface area contributed by atoms with Crippen molar-refractivity contribution in [3.05, 3.63) is 23.8 Å². The molecule has 2 rings (SSSR count). The summed E-state index contributed by atoms with van der Waals surface area (Å²) in [5, 5.41) is 0. The molecular formula is C16H23NO3. The van der Waals surface area contributed by atoms with Crippen LogP contribution in [0.1, 0.15) is 49.9 Å². The van der Waals surface area contributed by atoms with Crippen LogP contribution in [0.15, 0.2) is 18.2 Å². The molecule has 0 aliphatic heterocycles. The van der Waals surface area contributed by atoms with Crippen molar-refractivity contribution in [1.82, 2.24) is 0 Å². The van der Waals surface area contributed by atoms with Crippen LogP contribution < -0.4 is 15.2 Å². The van der Waals surface area contributed by atoms with Gasteiger partial charge in [0.25, 0.3) is 0 Å². The van der Waals surface area contributed by atoms with Crippen LogP contribution in [0.3, 0.4) is 0 Å². The van der Waals surface area contributed by atoms with Crippen LogP contribution in [0.5, 0.6) is 11.5 Å². The van der Waals surface area contributed by atoms with Gasteiger partial charge in [-0.1, -0.05) is 0 Å². The highest BCUT2D eigenvalue weighted by Crippen LogP contribution is 2.34. The minimum atomic E-state index is -0.290. The first-order valence-corrected chi connectivity index (χ1v) is 7.29. The van der Waals surface area contributed by atoms with Gasteiger partial charge in [-0.05, 0) is 51.3 Å². The fourth-order valence-corrected chi connectivity index (χ4v) is 2.45. The lowest BCUT2D eigenvalue weighted by Crippen LogP contribution is -2.48. The zero-order valence-corrected chi connectivity index (χ0v) is 12.3. The molecule has 0 aromatic heterocycles. The van der Waals surface area contributed by atoms with Gasteiger partial charge in [0.05, 0.1) is 13.2 Å². The summed E-state index contributed by atoms with van der Waals surface area (Å²) in [4.78, 5) is 12.3. The molecule has 0 spiro atoms. The number of hydrogen-bond donors (Lipinski definition) is 1. The second-order valence-corrected chi connectivity index (χ2v) is 5.34. The SMILES string of the molecule is CCOc1ccc(C(=O)CC2(N)CCC2)cc1OCC. The van der Waals surface area contributed by atoms with E-state index in [9.17, 15) is 4.79 Å². The first kappa shape index (κ1) is 14.9. The molecule has 0 radical (unpaired) electrons. The van der Waals surface area contributed by atoms with Crippen molar-refractivity contribution >= 4 is 5.78 Å². The molecule has 0 saturated heterocycles. The molecule has 0 unspecified atom stereocenters. The lowest BCUT2D eigenvalue weighted by atomic mass is 9.74. The molecule has 1 aromatic carbocycles. The maximum atomic E-state index is 12.3. The average Bonchev–Trinajstić information content (AvgIpc) is 2.39. The van der Waals surface area contributed by atoms with Gasteiger partial charge in [-0.3, -0.25) is 4.79 Å². The van der Waals surface area contributed by atoms with Gasteiger partial charge >= 0.3 is 0 Å². The summed E-state index contributed by atoms with van der Waals surface area (Å²) in [5.74, 6) is 1.38. The van der Waals surface area contributed by atoms with Gasteiger partial charge in [0.1, 0.15) is 0 Å². The third-order valence-electron chi connectivity index (χ3n) is 3.73. The van der Waals surface area contributed by atoms with E-state index in [1.807, 2.05) is 13.8 Å². The highest BCUT2D eigenvalue weighted by molar-refractivity contribution is 5.97. The Morgan fingerprint density at radius 1 is 1.20 bits per heavy atom. The summed E-state index contributed by atoms with van der Waals surface area (Å²) in [6.07, 6.45) is 3.41. The summed E-state index contributed by atoms with van der Waals surface area (Å²) in [6, 6.07) is 5.35. The van der Waals surface area contributed by atoms with Crippen molar-refractivity contribution in [3.63, 3.8) is 0 Å². The summed E-state index contributed by atoms with van der Waals surface area (Å²) in [7, 11) is 0. The largest absolute Gasteiger partial charge is 0.490 e. The van der Waals surface area contributed by atoms with Crippen LogP contribution in [0.25, 0.3) is 0 Å². The molecule has 1 fully saturated rings. The van der Waals surface area contributed by atoms with Crippen molar-refractivity contribution < 1.29 is 14.3 Å². The van der Waals surface area contributed by atoms with Crippen LogP contribution in [-0.4, -0.2) is 24.5 Å². The first-order valence-electron chi connectivity index (χ1n) is 7.29. The Morgan fingerprint density at radius 3 is 2.40 bits per heavy atom. The average molecular weight is 277 g/mol. The zero-order chi connectivity index (χ0) is 14.6. The van der Waals surface area contributed by atoms with Crippen molar-refractivity contribution in [3.8, 4) is 11.5 Å². The lowest BCUT2D eigenvalue weighted by Gasteiger charge is -2.37. The van der Waals surface area contributed by atoms with Crippen LogP contribution in [0.2, 0.25) is 0 Å². The molecule has 2 N–H and O–H groups in total. The predicted molar refractivity (Wildman–Crippen MR) is 78.5 cm³/mol. The Hall–Kier alpha value is -1.55. The van der Waals surface area contributed by atoms with Crippen LogP contribution in [0, 0.1) is 0 Å². The number of carbonyl (C=O) groups is 1. The number of nitrogens with two attached hydrogens (primary N) is 1. The molecule has 0 bridgehead atoms. The predicted octanol–water partition coefficient (Wildman–Crippen LogP) is 2.94. The lowest BCUT2D eigenvalue weighted by molar-refractivity contribution is 0.0911. The summed E-state index contributed by atoms with van der Waals surface area (Å²) in [6.45, 7) is 4.94. The van der Waals surface area contributed by atoms with Crippen molar-refractivity contribution in [1.29, 1.82) is 0 Å². The second kappa shape index (κ2) is 6.27. The molecule has 4 heteroatoms. The number of carbonyl (C=O) groups excluding carboxylic acids is 1. The molecule has 1 saturated carbocycles. The number of rotatable bonds is 7. The molecule has 1 aliphatic rings. The highest BCUT2D eigenvalue weighted by Gasteiger charge is 2.34. The van der Waals surface area contributed by atoms with Gasteiger partial charge in [0.15, 0.2) is 17.3 Å². The van der Waals surface area contributed by atoms with Crippen molar-refractivity contribution in [2.24, 2.45) is 5.73 Å². The second-order valence-electron chi connectivity index (χ2n) is 5.34. The Balaban J connectivity index is 2.14. The van der Waals surface area contributed by atoms with Crippen LogP contribution in [-0.2, 0) is 0 Å². The van der Waals surface area contributed by atoms with Crippen LogP contribution >= 0.6 is 0 Å². The maximum Gasteiger partial charge on any atom is 0.164 e. The Kier molecular flexibility index (Phi) is 4.65. The van der Waals surface area contributed by atoms with Gasteiger partial charge in [-0.25, -0.2) is 0 Å². The van der Waals surface area contributed by atoms with E-state index in [-0.39, 0.29) is 11.3 Å². The van der Waals surface area contributed by atoms with E-state index in [0.717, 1.165) is 19.3 Å². The van der Waals surface area contributed by atoms with Gasteiger partial charge in [0, 0.05) is 17.5 Å². The van der Waals surface area contributed by atoms with Gasteiger partial charge in [-0.2, -0.15) is 0 Å². The quantitative estimate of drug-likeness (QED) is 0.778. The Labute approximate surface area is 120 Å². The van der Waals surface area contributed by atoms with Gasteiger partial charge in [-0.15, -0.1) is 0 Å². The zero-order valence-electron chi connectivity index (χ0n) is 12.3. The first-order chi connectivity index (χ1) is 9.58. The Bertz CT molecular complexity index is 481. The molecule has 20 heavy (non-hydrogen) atoms. The van der Waals surface area contributed by atoms with E-state index in [1.54, 1.807) is 18.2 Å². The van der Waals surface area contributed by atoms with Crippen molar-refractivity contribution in [2.45, 2.75) is 45.1 Å².